The summed E-state index contributed by atoms with van der Waals surface area (Å²) < 4.78 is 5.64. The topological polar surface area (TPSA) is 36.9 Å². The molecule has 1 heterocycles. The lowest BCUT2D eigenvalue weighted by Crippen LogP contribution is -2.41. The first kappa shape index (κ1) is 19.2. The van der Waals surface area contributed by atoms with Gasteiger partial charge >= 0.3 is 0 Å². The van der Waals surface area contributed by atoms with Crippen LogP contribution in [0.1, 0.15) is 30.9 Å². The van der Waals surface area contributed by atoms with Crippen molar-refractivity contribution in [2.75, 3.05) is 27.2 Å². The number of nitrogens with zero attached hydrogens (tertiary/aromatic N) is 2. The average Bonchev–Trinajstić information content (AvgIpc) is 3.02. The summed E-state index contributed by atoms with van der Waals surface area (Å²) >= 11 is 0. The van der Waals surface area contributed by atoms with Gasteiger partial charge in [0.25, 0.3) is 0 Å². The molecule has 1 atom stereocenters. The molecular formula is C17H28IN3O. The van der Waals surface area contributed by atoms with Gasteiger partial charge in [-0.15, -0.1) is 24.0 Å². The van der Waals surface area contributed by atoms with Gasteiger partial charge in [-0.1, -0.05) is 31.2 Å². The second-order valence-corrected chi connectivity index (χ2v) is 5.59. The number of aryl methyl sites for hydroxylation is 1. The molecule has 0 spiro atoms. The summed E-state index contributed by atoms with van der Waals surface area (Å²) in [5, 5.41) is 3.40. The molecule has 4 nitrogen and oxygen atoms in total. The maximum absolute atomic E-state index is 5.64. The number of ether oxygens (including phenoxy) is 1. The number of guanidine groups is 1. The van der Waals surface area contributed by atoms with E-state index in [-0.39, 0.29) is 24.0 Å². The molecule has 1 N–H and O–H groups in total. The first-order chi connectivity index (χ1) is 10.2. The Morgan fingerprint density at radius 2 is 2.00 bits per heavy atom. The molecule has 0 amide bonds. The zero-order valence-electron chi connectivity index (χ0n) is 13.8. The van der Waals surface area contributed by atoms with Crippen LogP contribution < -0.4 is 5.32 Å². The van der Waals surface area contributed by atoms with Gasteiger partial charge in [0, 0.05) is 33.8 Å². The first-order valence-corrected chi connectivity index (χ1v) is 7.84. The molecule has 0 bridgehead atoms. The van der Waals surface area contributed by atoms with Crippen LogP contribution in [-0.4, -0.2) is 44.2 Å². The van der Waals surface area contributed by atoms with E-state index in [2.05, 4.69) is 53.4 Å². The van der Waals surface area contributed by atoms with E-state index in [9.17, 15) is 0 Å². The van der Waals surface area contributed by atoms with Gasteiger partial charge in [0.2, 0.25) is 0 Å². The fourth-order valence-electron chi connectivity index (χ4n) is 2.62. The minimum absolute atomic E-state index is 0. The minimum atomic E-state index is 0. The van der Waals surface area contributed by atoms with Gasteiger partial charge in [-0.3, -0.25) is 4.99 Å². The molecule has 1 aliphatic heterocycles. The summed E-state index contributed by atoms with van der Waals surface area (Å²) in [5.41, 5.74) is 2.68. The number of hydrogen-bond acceptors (Lipinski definition) is 2. The Bertz CT molecular complexity index is 455. The third kappa shape index (κ3) is 5.76. The summed E-state index contributed by atoms with van der Waals surface area (Å²) in [5.74, 6) is 0.921. The van der Waals surface area contributed by atoms with Crippen LogP contribution in [0.15, 0.2) is 29.3 Å². The monoisotopic (exact) mass is 417 g/mol. The molecule has 2 rings (SSSR count). The fraction of sp³-hybridized carbons (Fsp3) is 0.588. The van der Waals surface area contributed by atoms with Gasteiger partial charge in [-0.25, -0.2) is 0 Å². The molecule has 1 fully saturated rings. The van der Waals surface area contributed by atoms with Gasteiger partial charge in [0.05, 0.1) is 6.10 Å². The normalized spacial score (nSPS) is 18.0. The summed E-state index contributed by atoms with van der Waals surface area (Å²) in [7, 11) is 3.90. The van der Waals surface area contributed by atoms with Crippen molar-refractivity contribution >= 4 is 29.9 Å². The summed E-state index contributed by atoms with van der Waals surface area (Å²) in [4.78, 5) is 6.50. The molecule has 1 saturated heterocycles. The summed E-state index contributed by atoms with van der Waals surface area (Å²) in [6.07, 6.45) is 3.73. The zero-order chi connectivity index (χ0) is 15.1. The summed E-state index contributed by atoms with van der Waals surface area (Å²) in [6.45, 7) is 4.77. The molecule has 0 radical (unpaired) electrons. The Labute approximate surface area is 151 Å². The van der Waals surface area contributed by atoms with Crippen LogP contribution in [-0.2, 0) is 17.7 Å². The molecule has 5 heteroatoms. The van der Waals surface area contributed by atoms with Gasteiger partial charge in [-0.05, 0) is 30.4 Å². The van der Waals surface area contributed by atoms with E-state index in [1.807, 2.05) is 7.05 Å². The highest BCUT2D eigenvalue weighted by molar-refractivity contribution is 14.0. The zero-order valence-corrected chi connectivity index (χ0v) is 16.2. The maximum atomic E-state index is 5.64. The van der Waals surface area contributed by atoms with E-state index in [1.165, 1.54) is 17.5 Å². The lowest BCUT2D eigenvalue weighted by Gasteiger charge is -2.23. The quantitative estimate of drug-likeness (QED) is 0.455. The predicted molar refractivity (Wildman–Crippen MR) is 103 cm³/mol. The van der Waals surface area contributed by atoms with Crippen LogP contribution in [0, 0.1) is 0 Å². The van der Waals surface area contributed by atoms with E-state index in [0.717, 1.165) is 38.5 Å². The highest BCUT2D eigenvalue weighted by Crippen LogP contribution is 2.11. The Morgan fingerprint density at radius 3 is 2.55 bits per heavy atom. The lowest BCUT2D eigenvalue weighted by atomic mass is 10.1. The third-order valence-corrected chi connectivity index (χ3v) is 3.94. The number of rotatable bonds is 5. The molecule has 1 aliphatic rings. The van der Waals surface area contributed by atoms with Crippen molar-refractivity contribution in [3.05, 3.63) is 35.4 Å². The van der Waals surface area contributed by atoms with Crippen LogP contribution in [0.3, 0.4) is 0 Å². The number of aliphatic imine (C=N–C) groups is 1. The predicted octanol–water partition coefficient (Wildman–Crippen LogP) is 3.05. The summed E-state index contributed by atoms with van der Waals surface area (Å²) in [6, 6.07) is 8.79. The van der Waals surface area contributed by atoms with Gasteiger partial charge in [0.1, 0.15) is 0 Å². The van der Waals surface area contributed by atoms with E-state index >= 15 is 0 Å². The first-order valence-electron chi connectivity index (χ1n) is 7.84. The van der Waals surface area contributed by atoms with Crippen LogP contribution in [0.5, 0.6) is 0 Å². The molecule has 1 aromatic rings. The largest absolute Gasteiger partial charge is 0.376 e. The van der Waals surface area contributed by atoms with Crippen LogP contribution >= 0.6 is 24.0 Å². The second-order valence-electron chi connectivity index (χ2n) is 5.59. The number of nitrogens with one attached hydrogen (secondary N) is 1. The Balaban J connectivity index is 0.00000242. The second kappa shape index (κ2) is 10.0. The maximum Gasteiger partial charge on any atom is 0.193 e. The highest BCUT2D eigenvalue weighted by atomic mass is 127. The van der Waals surface area contributed by atoms with Crippen LogP contribution in [0.2, 0.25) is 0 Å². The van der Waals surface area contributed by atoms with E-state index in [1.54, 1.807) is 0 Å². The van der Waals surface area contributed by atoms with Gasteiger partial charge in [-0.2, -0.15) is 0 Å². The fourth-order valence-corrected chi connectivity index (χ4v) is 2.62. The Morgan fingerprint density at radius 1 is 1.32 bits per heavy atom. The molecular weight excluding hydrogens is 389 g/mol. The van der Waals surface area contributed by atoms with Crippen molar-refractivity contribution in [1.29, 1.82) is 0 Å². The molecule has 0 saturated carbocycles. The van der Waals surface area contributed by atoms with Gasteiger partial charge < -0.3 is 15.0 Å². The molecule has 1 unspecified atom stereocenters. The van der Waals surface area contributed by atoms with Gasteiger partial charge in [0.15, 0.2) is 5.96 Å². The smallest absolute Gasteiger partial charge is 0.193 e. The van der Waals surface area contributed by atoms with Crippen molar-refractivity contribution in [2.45, 2.75) is 38.8 Å². The van der Waals surface area contributed by atoms with E-state index in [0.29, 0.717) is 6.10 Å². The molecule has 1 aromatic carbocycles. The minimum Gasteiger partial charge on any atom is -0.376 e. The van der Waals surface area contributed by atoms with Crippen molar-refractivity contribution in [3.63, 3.8) is 0 Å². The molecule has 0 aliphatic carbocycles. The standard InChI is InChI=1S/C17H27N3O.HI/c1-4-14-7-9-15(10-8-14)13-20(3)17(18-2)19-12-16-6-5-11-21-16;/h7-10,16H,4-6,11-13H2,1-3H3,(H,18,19);1H. The van der Waals surface area contributed by atoms with Crippen molar-refractivity contribution in [3.8, 4) is 0 Å². The highest BCUT2D eigenvalue weighted by Gasteiger charge is 2.16. The Hall–Kier alpha value is -0.820. The molecule has 22 heavy (non-hydrogen) atoms. The number of hydrogen-bond donors (Lipinski definition) is 1. The number of benzene rings is 1. The SMILES string of the molecule is CCc1ccc(CN(C)C(=NC)NCC2CCCO2)cc1.I. The molecule has 124 valence electrons. The average molecular weight is 417 g/mol. The Kier molecular flexibility index (Phi) is 8.78. The van der Waals surface area contributed by atoms with E-state index in [4.69, 9.17) is 4.74 Å². The number of halogens is 1. The third-order valence-electron chi connectivity index (χ3n) is 3.94. The van der Waals surface area contributed by atoms with Crippen molar-refractivity contribution in [1.82, 2.24) is 10.2 Å². The molecule has 0 aromatic heterocycles. The van der Waals surface area contributed by atoms with E-state index < -0.39 is 0 Å². The van der Waals surface area contributed by atoms with Crippen LogP contribution in [0.25, 0.3) is 0 Å². The van der Waals surface area contributed by atoms with Crippen molar-refractivity contribution < 1.29 is 4.74 Å². The van der Waals surface area contributed by atoms with Crippen molar-refractivity contribution in [2.24, 2.45) is 4.99 Å². The lowest BCUT2D eigenvalue weighted by molar-refractivity contribution is 0.113. The van der Waals surface area contributed by atoms with Crippen LogP contribution in [0.4, 0.5) is 0 Å².